The van der Waals surface area contributed by atoms with Crippen LogP contribution in [-0.4, -0.2) is 10.5 Å². The molecule has 1 heteroatoms. The van der Waals surface area contributed by atoms with Gasteiger partial charge in [-0.05, 0) is 37.5 Å². The maximum Gasteiger partial charge on any atom is 0.0101 e. The molecule has 0 saturated heterocycles. The third-order valence-electron chi connectivity index (χ3n) is 3.31. The fourth-order valence-corrected chi connectivity index (χ4v) is 4.01. The van der Waals surface area contributed by atoms with E-state index in [0.717, 1.165) is 22.3 Å². The molecule has 2 unspecified atom stereocenters. The summed E-state index contributed by atoms with van der Waals surface area (Å²) in [6.07, 6.45) is 7.44. The third-order valence-corrected chi connectivity index (χ3v) is 5.41. The van der Waals surface area contributed by atoms with E-state index in [0.29, 0.717) is 0 Å². The molecule has 0 bridgehead atoms. The zero-order chi connectivity index (χ0) is 8.55. The van der Waals surface area contributed by atoms with E-state index in [9.17, 15) is 0 Å². The molecule has 2 aliphatic rings. The molecule has 2 aliphatic carbocycles. The van der Waals surface area contributed by atoms with Crippen LogP contribution in [-0.2, 0) is 0 Å². The second-order valence-corrected chi connectivity index (χ2v) is 6.17. The molecule has 0 aromatic rings. The molecule has 0 N–H and O–H groups in total. The van der Waals surface area contributed by atoms with Gasteiger partial charge in [-0.15, -0.1) is 0 Å². The molecular weight excluding hydrogens is 164 g/mol. The fraction of sp³-hybridized carbons (Fsp3) is 1.00. The van der Waals surface area contributed by atoms with Crippen LogP contribution in [0.2, 0.25) is 0 Å². The lowest BCUT2D eigenvalue weighted by Crippen LogP contribution is -2.27. The van der Waals surface area contributed by atoms with Gasteiger partial charge < -0.3 is 0 Å². The van der Waals surface area contributed by atoms with Crippen molar-refractivity contribution in [3.63, 3.8) is 0 Å². The van der Waals surface area contributed by atoms with Crippen LogP contribution in [0.5, 0.6) is 0 Å². The van der Waals surface area contributed by atoms with E-state index < -0.39 is 0 Å². The summed E-state index contributed by atoms with van der Waals surface area (Å²) in [6, 6.07) is 0. The fourth-order valence-electron chi connectivity index (χ4n) is 2.35. The van der Waals surface area contributed by atoms with Gasteiger partial charge in [-0.1, -0.05) is 20.3 Å². The van der Waals surface area contributed by atoms with Gasteiger partial charge in [0.15, 0.2) is 0 Å². The van der Waals surface area contributed by atoms with Crippen molar-refractivity contribution in [2.75, 3.05) is 0 Å². The summed E-state index contributed by atoms with van der Waals surface area (Å²) >= 11 is 2.30. The molecule has 2 atom stereocenters. The van der Waals surface area contributed by atoms with Gasteiger partial charge in [-0.3, -0.25) is 0 Å². The lowest BCUT2D eigenvalue weighted by atomic mass is 9.83. The Balaban J connectivity index is 1.88. The van der Waals surface area contributed by atoms with Crippen LogP contribution in [0.4, 0.5) is 0 Å². The first-order valence-corrected chi connectivity index (χ1v) is 6.37. The van der Waals surface area contributed by atoms with Crippen LogP contribution in [0, 0.1) is 11.8 Å². The second kappa shape index (κ2) is 3.61. The highest BCUT2D eigenvalue weighted by Gasteiger charge is 2.33. The van der Waals surface area contributed by atoms with Crippen LogP contribution in [0.15, 0.2) is 0 Å². The van der Waals surface area contributed by atoms with Crippen molar-refractivity contribution < 1.29 is 0 Å². The highest BCUT2D eigenvalue weighted by molar-refractivity contribution is 8.00. The molecule has 0 radical (unpaired) electrons. The van der Waals surface area contributed by atoms with E-state index in [1.165, 1.54) is 32.1 Å². The third kappa shape index (κ3) is 1.99. The Morgan fingerprint density at radius 2 is 1.50 bits per heavy atom. The lowest BCUT2D eigenvalue weighted by molar-refractivity contribution is 0.314. The first kappa shape index (κ1) is 8.93. The normalized spacial score (nSPS) is 43.0. The Kier molecular flexibility index (Phi) is 2.69. The largest absolute Gasteiger partial charge is 0.155 e. The molecule has 2 rings (SSSR count). The van der Waals surface area contributed by atoms with Crippen molar-refractivity contribution in [3.05, 3.63) is 0 Å². The Bertz CT molecular complexity index is 141. The van der Waals surface area contributed by atoms with E-state index in [1.807, 2.05) is 0 Å². The van der Waals surface area contributed by atoms with Crippen molar-refractivity contribution in [2.24, 2.45) is 11.8 Å². The molecule has 0 aliphatic heterocycles. The van der Waals surface area contributed by atoms with Crippen molar-refractivity contribution in [1.82, 2.24) is 0 Å². The standard InChI is InChI=1S/C11H20S/c1-8-4-3-5-9(2)11(8)12-10-6-7-10/h8-11H,3-7H2,1-2H3. The average Bonchev–Trinajstić information content (AvgIpc) is 2.80. The average molecular weight is 184 g/mol. The van der Waals surface area contributed by atoms with Gasteiger partial charge in [0.2, 0.25) is 0 Å². The van der Waals surface area contributed by atoms with E-state index in [2.05, 4.69) is 25.6 Å². The molecule has 0 spiro atoms. The number of hydrogen-bond acceptors (Lipinski definition) is 1. The monoisotopic (exact) mass is 184 g/mol. The van der Waals surface area contributed by atoms with Crippen LogP contribution in [0.25, 0.3) is 0 Å². The first-order chi connectivity index (χ1) is 5.77. The summed E-state index contributed by atoms with van der Waals surface area (Å²) in [4.78, 5) is 0. The van der Waals surface area contributed by atoms with Crippen molar-refractivity contribution >= 4 is 11.8 Å². The maximum atomic E-state index is 2.45. The molecule has 0 amide bonds. The van der Waals surface area contributed by atoms with Crippen LogP contribution < -0.4 is 0 Å². The summed E-state index contributed by atoms with van der Waals surface area (Å²) < 4.78 is 0. The second-order valence-electron chi connectivity index (χ2n) is 4.69. The zero-order valence-corrected chi connectivity index (χ0v) is 9.07. The van der Waals surface area contributed by atoms with Gasteiger partial charge in [0.1, 0.15) is 0 Å². The smallest absolute Gasteiger partial charge is 0.0101 e. The van der Waals surface area contributed by atoms with Gasteiger partial charge in [0, 0.05) is 10.5 Å². The SMILES string of the molecule is CC1CCCC(C)C1SC1CC1. The van der Waals surface area contributed by atoms with Gasteiger partial charge >= 0.3 is 0 Å². The summed E-state index contributed by atoms with van der Waals surface area (Å²) in [5.41, 5.74) is 0. The molecule has 0 heterocycles. The topological polar surface area (TPSA) is 0 Å². The Hall–Kier alpha value is 0.350. The van der Waals surface area contributed by atoms with E-state index in [-0.39, 0.29) is 0 Å². The molecular formula is C11H20S. The van der Waals surface area contributed by atoms with Gasteiger partial charge in [-0.2, -0.15) is 11.8 Å². The van der Waals surface area contributed by atoms with Crippen LogP contribution in [0.3, 0.4) is 0 Å². The van der Waals surface area contributed by atoms with Gasteiger partial charge in [0.05, 0.1) is 0 Å². The van der Waals surface area contributed by atoms with Gasteiger partial charge in [0.25, 0.3) is 0 Å². The minimum absolute atomic E-state index is 0.986. The van der Waals surface area contributed by atoms with E-state index >= 15 is 0 Å². The molecule has 0 aromatic heterocycles. The summed E-state index contributed by atoms with van der Waals surface area (Å²) in [6.45, 7) is 4.91. The van der Waals surface area contributed by atoms with Crippen molar-refractivity contribution in [1.29, 1.82) is 0 Å². The quantitative estimate of drug-likeness (QED) is 0.630. The van der Waals surface area contributed by atoms with E-state index in [4.69, 9.17) is 0 Å². The van der Waals surface area contributed by atoms with E-state index in [1.54, 1.807) is 0 Å². The van der Waals surface area contributed by atoms with Crippen LogP contribution >= 0.6 is 11.8 Å². The minimum Gasteiger partial charge on any atom is -0.155 e. The summed E-state index contributed by atoms with van der Waals surface area (Å²) in [7, 11) is 0. The number of thioether (sulfide) groups is 1. The highest BCUT2D eigenvalue weighted by Crippen LogP contribution is 2.45. The molecule has 2 saturated carbocycles. The predicted molar refractivity (Wildman–Crippen MR) is 56.6 cm³/mol. The Morgan fingerprint density at radius 1 is 0.917 bits per heavy atom. The maximum absolute atomic E-state index is 2.45. The molecule has 0 aromatic carbocycles. The first-order valence-electron chi connectivity index (χ1n) is 5.43. The molecule has 0 nitrogen and oxygen atoms in total. The lowest BCUT2D eigenvalue weighted by Gasteiger charge is -2.34. The Morgan fingerprint density at radius 3 is 2.00 bits per heavy atom. The molecule has 70 valence electrons. The van der Waals surface area contributed by atoms with Crippen LogP contribution in [0.1, 0.15) is 46.0 Å². The number of rotatable bonds is 2. The van der Waals surface area contributed by atoms with Gasteiger partial charge in [-0.25, -0.2) is 0 Å². The molecule has 12 heavy (non-hydrogen) atoms. The number of hydrogen-bond donors (Lipinski definition) is 0. The predicted octanol–water partition coefficient (Wildman–Crippen LogP) is 3.71. The zero-order valence-electron chi connectivity index (χ0n) is 8.25. The highest BCUT2D eigenvalue weighted by atomic mass is 32.2. The minimum atomic E-state index is 0.986. The summed E-state index contributed by atoms with van der Waals surface area (Å²) in [5, 5.41) is 2.05. The van der Waals surface area contributed by atoms with Crippen molar-refractivity contribution in [2.45, 2.75) is 56.5 Å². The summed E-state index contributed by atoms with van der Waals surface area (Å²) in [5.74, 6) is 1.97. The Labute approximate surface area is 80.5 Å². The van der Waals surface area contributed by atoms with Crippen molar-refractivity contribution in [3.8, 4) is 0 Å². The molecule has 2 fully saturated rings.